The summed E-state index contributed by atoms with van der Waals surface area (Å²) in [6, 6.07) is 8.52. The Morgan fingerprint density at radius 2 is 1.89 bits per heavy atom. The molecule has 2 fully saturated rings. The minimum atomic E-state index is 0. The van der Waals surface area contributed by atoms with Gasteiger partial charge in [0, 0.05) is 31.4 Å². The van der Waals surface area contributed by atoms with Gasteiger partial charge in [-0.3, -0.25) is 0 Å². The van der Waals surface area contributed by atoms with Crippen LogP contribution in [0.1, 0.15) is 57.4 Å². The van der Waals surface area contributed by atoms with Crippen LogP contribution in [-0.2, 0) is 6.54 Å². The Bertz CT molecular complexity index is 639. The van der Waals surface area contributed by atoms with Gasteiger partial charge < -0.3 is 20.9 Å². The average molecular weight is 499 g/mol. The number of halogens is 1. The normalized spacial score (nSPS) is 17.8. The molecule has 0 radical (unpaired) electrons. The molecule has 1 heterocycles. The lowest BCUT2D eigenvalue weighted by Crippen LogP contribution is -2.44. The summed E-state index contributed by atoms with van der Waals surface area (Å²) in [5, 5.41) is 9.93. The van der Waals surface area contributed by atoms with Crippen LogP contribution < -0.4 is 16.0 Å². The summed E-state index contributed by atoms with van der Waals surface area (Å²) < 4.78 is 0. The third-order valence-electron chi connectivity index (χ3n) is 5.28. The van der Waals surface area contributed by atoms with Crippen molar-refractivity contribution in [1.82, 2.24) is 15.5 Å². The minimum Gasteiger partial charge on any atom is -0.357 e. The molecule has 0 atom stereocenters. The first-order chi connectivity index (χ1) is 13.2. The Morgan fingerprint density at radius 3 is 2.61 bits per heavy atom. The van der Waals surface area contributed by atoms with Crippen molar-refractivity contribution in [3.63, 3.8) is 0 Å². The highest BCUT2D eigenvalue weighted by Gasteiger charge is 2.18. The lowest BCUT2D eigenvalue weighted by atomic mass is 9.96. The largest absolute Gasteiger partial charge is 0.357 e. The van der Waals surface area contributed by atoms with E-state index < -0.39 is 0 Å². The topological polar surface area (TPSA) is 68.8 Å². The molecule has 0 unspecified atom stereocenters. The van der Waals surface area contributed by atoms with E-state index in [-0.39, 0.29) is 30.0 Å². The highest BCUT2D eigenvalue weighted by molar-refractivity contribution is 14.0. The molecule has 7 heteroatoms. The van der Waals surface area contributed by atoms with Crippen LogP contribution in [0.15, 0.2) is 29.3 Å². The zero-order valence-corrected chi connectivity index (χ0v) is 19.2. The van der Waals surface area contributed by atoms with Crippen molar-refractivity contribution < 1.29 is 4.79 Å². The van der Waals surface area contributed by atoms with Gasteiger partial charge >= 0.3 is 6.03 Å². The van der Waals surface area contributed by atoms with Crippen LogP contribution in [0, 0.1) is 0 Å². The maximum Gasteiger partial charge on any atom is 0.321 e. The quantitative estimate of drug-likeness (QED) is 0.321. The second-order valence-electron chi connectivity index (χ2n) is 7.50. The highest BCUT2D eigenvalue weighted by atomic mass is 127. The lowest BCUT2D eigenvalue weighted by molar-refractivity contribution is 0.222. The van der Waals surface area contributed by atoms with Crippen LogP contribution >= 0.6 is 24.0 Å². The van der Waals surface area contributed by atoms with Gasteiger partial charge in [-0.15, -0.1) is 24.0 Å². The second-order valence-corrected chi connectivity index (χ2v) is 7.50. The fraction of sp³-hybridized carbons (Fsp3) is 0.619. The molecule has 3 N–H and O–H groups in total. The van der Waals surface area contributed by atoms with E-state index in [9.17, 15) is 4.79 Å². The number of carbonyl (C=O) groups is 1. The number of anilines is 1. The van der Waals surface area contributed by atoms with Gasteiger partial charge in [0.2, 0.25) is 0 Å². The SMILES string of the molecule is CCNC(=NCc1cccc(NC(=O)N2CCCC2)c1)NC1CCCCC1.I. The standard InChI is InChI=1S/C21H33N5O.HI/c1-2-22-20(24-18-10-4-3-5-11-18)23-16-17-9-8-12-19(15-17)25-21(27)26-13-6-7-14-26;/h8-9,12,15,18H,2-7,10-11,13-14,16H2,1H3,(H,25,27)(H2,22,23,24);1H. The zero-order valence-electron chi connectivity index (χ0n) is 16.9. The molecule has 6 nitrogen and oxygen atoms in total. The zero-order chi connectivity index (χ0) is 18.9. The molecule has 1 aromatic rings. The monoisotopic (exact) mass is 499 g/mol. The van der Waals surface area contributed by atoms with Crippen molar-refractivity contribution in [2.24, 2.45) is 4.99 Å². The Balaban J connectivity index is 0.00000280. The summed E-state index contributed by atoms with van der Waals surface area (Å²) >= 11 is 0. The average Bonchev–Trinajstić information content (AvgIpc) is 3.22. The molecule has 1 saturated carbocycles. The number of rotatable bonds is 5. The minimum absolute atomic E-state index is 0. The molecule has 1 saturated heterocycles. The third-order valence-corrected chi connectivity index (χ3v) is 5.28. The first kappa shape index (κ1) is 22.8. The lowest BCUT2D eigenvalue weighted by Gasteiger charge is -2.24. The highest BCUT2D eigenvalue weighted by Crippen LogP contribution is 2.18. The summed E-state index contributed by atoms with van der Waals surface area (Å²) in [5.74, 6) is 0.885. The Hall–Kier alpha value is -1.51. The summed E-state index contributed by atoms with van der Waals surface area (Å²) in [6.07, 6.45) is 8.60. The first-order valence-electron chi connectivity index (χ1n) is 10.4. The molecule has 28 heavy (non-hydrogen) atoms. The third kappa shape index (κ3) is 7.14. The van der Waals surface area contributed by atoms with Gasteiger partial charge in [0.05, 0.1) is 6.54 Å². The second kappa shape index (κ2) is 12.1. The molecule has 156 valence electrons. The number of nitrogens with zero attached hydrogens (tertiary/aromatic N) is 2. The van der Waals surface area contributed by atoms with E-state index in [0.29, 0.717) is 12.6 Å². The van der Waals surface area contributed by atoms with Gasteiger partial charge in [-0.2, -0.15) is 0 Å². The van der Waals surface area contributed by atoms with E-state index in [4.69, 9.17) is 4.99 Å². The number of hydrogen-bond acceptors (Lipinski definition) is 2. The van der Waals surface area contributed by atoms with Crippen LogP contribution in [0.3, 0.4) is 0 Å². The number of carbonyl (C=O) groups excluding carboxylic acids is 1. The van der Waals surface area contributed by atoms with E-state index in [1.165, 1.54) is 32.1 Å². The molecule has 0 aromatic heterocycles. The molecule has 0 bridgehead atoms. The Kier molecular flexibility index (Phi) is 9.87. The van der Waals surface area contributed by atoms with Crippen molar-refractivity contribution >= 4 is 41.7 Å². The molecule has 2 amide bonds. The summed E-state index contributed by atoms with van der Waals surface area (Å²) in [4.78, 5) is 18.9. The maximum absolute atomic E-state index is 12.3. The fourth-order valence-corrected chi connectivity index (χ4v) is 3.80. The fourth-order valence-electron chi connectivity index (χ4n) is 3.80. The Morgan fingerprint density at radius 1 is 1.14 bits per heavy atom. The van der Waals surface area contributed by atoms with Crippen LogP contribution in [0.4, 0.5) is 10.5 Å². The smallest absolute Gasteiger partial charge is 0.321 e. The summed E-state index contributed by atoms with van der Waals surface area (Å²) in [6.45, 7) is 5.25. The predicted molar refractivity (Wildman–Crippen MR) is 127 cm³/mol. The van der Waals surface area contributed by atoms with Gasteiger partial charge in [-0.05, 0) is 50.3 Å². The maximum atomic E-state index is 12.3. The molecule has 3 rings (SSSR count). The number of amides is 2. The molecular weight excluding hydrogens is 465 g/mol. The van der Waals surface area contributed by atoms with Crippen LogP contribution in [0.2, 0.25) is 0 Å². The number of nitrogens with one attached hydrogen (secondary N) is 3. The summed E-state index contributed by atoms with van der Waals surface area (Å²) in [5.41, 5.74) is 1.93. The van der Waals surface area contributed by atoms with Crippen molar-refractivity contribution in [2.45, 2.75) is 64.5 Å². The molecular formula is C21H34IN5O. The Labute approximate surface area is 186 Å². The van der Waals surface area contributed by atoms with E-state index >= 15 is 0 Å². The van der Waals surface area contributed by atoms with E-state index in [1.807, 2.05) is 23.1 Å². The van der Waals surface area contributed by atoms with Gasteiger partial charge in [0.15, 0.2) is 5.96 Å². The predicted octanol–water partition coefficient (Wildman–Crippen LogP) is 4.32. The van der Waals surface area contributed by atoms with E-state index in [2.05, 4.69) is 28.9 Å². The van der Waals surface area contributed by atoms with Crippen molar-refractivity contribution in [1.29, 1.82) is 0 Å². The molecule has 1 aliphatic heterocycles. The molecule has 1 aromatic carbocycles. The molecule has 0 spiro atoms. The van der Waals surface area contributed by atoms with Crippen LogP contribution in [-0.4, -0.2) is 42.6 Å². The van der Waals surface area contributed by atoms with E-state index in [0.717, 1.165) is 49.7 Å². The number of urea groups is 1. The number of likely N-dealkylation sites (tertiary alicyclic amines) is 1. The van der Waals surface area contributed by atoms with Gasteiger partial charge in [-0.25, -0.2) is 9.79 Å². The van der Waals surface area contributed by atoms with Crippen LogP contribution in [0.5, 0.6) is 0 Å². The molecule has 2 aliphatic rings. The summed E-state index contributed by atoms with van der Waals surface area (Å²) in [7, 11) is 0. The van der Waals surface area contributed by atoms with Gasteiger partial charge in [0.1, 0.15) is 0 Å². The number of guanidine groups is 1. The van der Waals surface area contributed by atoms with Gasteiger partial charge in [0.25, 0.3) is 0 Å². The molecule has 1 aliphatic carbocycles. The van der Waals surface area contributed by atoms with E-state index in [1.54, 1.807) is 0 Å². The first-order valence-corrected chi connectivity index (χ1v) is 10.4. The van der Waals surface area contributed by atoms with Crippen molar-refractivity contribution in [2.75, 3.05) is 25.0 Å². The van der Waals surface area contributed by atoms with Crippen LogP contribution in [0.25, 0.3) is 0 Å². The van der Waals surface area contributed by atoms with Crippen molar-refractivity contribution in [3.05, 3.63) is 29.8 Å². The number of benzene rings is 1. The number of hydrogen-bond donors (Lipinski definition) is 3. The number of aliphatic imine (C=N–C) groups is 1. The van der Waals surface area contributed by atoms with Gasteiger partial charge in [-0.1, -0.05) is 31.4 Å². The van der Waals surface area contributed by atoms with Crippen molar-refractivity contribution in [3.8, 4) is 0 Å².